The lowest BCUT2D eigenvalue weighted by atomic mass is 9.90. The van der Waals surface area contributed by atoms with Crippen LogP contribution in [0.15, 0.2) is 48.5 Å². The summed E-state index contributed by atoms with van der Waals surface area (Å²) in [6, 6.07) is 14.7. The number of anilines is 1. The van der Waals surface area contributed by atoms with Crippen molar-refractivity contribution in [1.29, 1.82) is 0 Å². The van der Waals surface area contributed by atoms with Gasteiger partial charge < -0.3 is 10.4 Å². The highest BCUT2D eigenvalue weighted by atomic mass is 35.5. The van der Waals surface area contributed by atoms with Crippen LogP contribution < -0.4 is 5.32 Å². The molecular weight excluding hydrogens is 286 g/mol. The lowest BCUT2D eigenvalue weighted by Crippen LogP contribution is -2.40. The quantitative estimate of drug-likeness (QED) is 0.865. The molecule has 0 radical (unpaired) electrons. The number of halogens is 1. The van der Waals surface area contributed by atoms with Crippen LogP contribution in [0.3, 0.4) is 0 Å². The maximum absolute atomic E-state index is 11.8. The number of para-hydroxylation sites is 1. The average molecular weight is 304 g/mol. The molecule has 0 aliphatic carbocycles. The van der Waals surface area contributed by atoms with Gasteiger partial charge in [-0.3, -0.25) is 0 Å². The molecule has 0 fully saturated rings. The summed E-state index contributed by atoms with van der Waals surface area (Å²) in [5.41, 5.74) is 1.22. The van der Waals surface area contributed by atoms with E-state index in [1.54, 1.807) is 19.1 Å². The number of benzene rings is 2. The Kier molecular flexibility index (Phi) is 4.53. The van der Waals surface area contributed by atoms with Crippen LogP contribution in [0.2, 0.25) is 5.02 Å². The van der Waals surface area contributed by atoms with E-state index in [1.165, 1.54) is 5.56 Å². The van der Waals surface area contributed by atoms with Gasteiger partial charge in [0.25, 0.3) is 0 Å². The molecule has 3 nitrogen and oxygen atoms in total. The Morgan fingerprint density at radius 2 is 1.81 bits per heavy atom. The van der Waals surface area contributed by atoms with E-state index >= 15 is 0 Å². The van der Waals surface area contributed by atoms with E-state index in [0.717, 1.165) is 6.42 Å². The molecule has 0 bridgehead atoms. The fraction of sp³-hybridized carbons (Fsp3) is 0.235. The largest absolute Gasteiger partial charge is 0.479 e. The minimum Gasteiger partial charge on any atom is -0.479 e. The third kappa shape index (κ3) is 3.19. The van der Waals surface area contributed by atoms with Crippen molar-refractivity contribution in [3.63, 3.8) is 0 Å². The summed E-state index contributed by atoms with van der Waals surface area (Å²) >= 11 is 6.11. The Morgan fingerprint density at radius 3 is 2.33 bits per heavy atom. The van der Waals surface area contributed by atoms with E-state index in [4.69, 9.17) is 11.6 Å². The third-order valence-corrected chi connectivity index (χ3v) is 3.96. The maximum atomic E-state index is 11.8. The summed E-state index contributed by atoms with van der Waals surface area (Å²) in [7, 11) is 0. The van der Waals surface area contributed by atoms with E-state index in [2.05, 4.69) is 12.2 Å². The number of aryl methyl sites for hydroxylation is 1. The van der Waals surface area contributed by atoms with Crippen LogP contribution in [0, 0.1) is 0 Å². The van der Waals surface area contributed by atoms with Crippen molar-refractivity contribution in [2.75, 3.05) is 5.32 Å². The molecule has 0 aliphatic heterocycles. The number of hydrogen-bond acceptors (Lipinski definition) is 2. The molecule has 0 heterocycles. The second-order valence-corrected chi connectivity index (χ2v) is 5.49. The Hall–Kier alpha value is -2.00. The number of carbonyl (C=O) groups is 1. The zero-order valence-electron chi connectivity index (χ0n) is 12.1. The molecular formula is C17H18ClNO2. The van der Waals surface area contributed by atoms with Gasteiger partial charge >= 0.3 is 5.97 Å². The number of carboxylic acids is 1. The molecule has 2 aromatic carbocycles. The maximum Gasteiger partial charge on any atom is 0.333 e. The standard InChI is InChI=1S/C17H18ClNO2/c1-3-12-8-10-13(11-9-12)17(2,16(20)21)19-15-7-5-4-6-14(15)18/h4-11,19H,3H2,1-2H3,(H,20,21). The Morgan fingerprint density at radius 1 is 1.19 bits per heavy atom. The van der Waals surface area contributed by atoms with Crippen LogP contribution in [0.1, 0.15) is 25.0 Å². The Bertz CT molecular complexity index is 639. The van der Waals surface area contributed by atoms with Crippen molar-refractivity contribution in [3.8, 4) is 0 Å². The molecule has 110 valence electrons. The molecule has 1 unspecified atom stereocenters. The number of hydrogen-bond donors (Lipinski definition) is 2. The van der Waals surface area contributed by atoms with Crippen molar-refractivity contribution >= 4 is 23.3 Å². The van der Waals surface area contributed by atoms with Crippen molar-refractivity contribution in [2.24, 2.45) is 0 Å². The predicted octanol–water partition coefficient (Wildman–Crippen LogP) is 4.31. The molecule has 0 saturated heterocycles. The lowest BCUT2D eigenvalue weighted by molar-refractivity contribution is -0.142. The first-order chi connectivity index (χ1) is 9.97. The normalized spacial score (nSPS) is 13.5. The topological polar surface area (TPSA) is 49.3 Å². The van der Waals surface area contributed by atoms with Gasteiger partial charge in [-0.1, -0.05) is 54.9 Å². The van der Waals surface area contributed by atoms with Gasteiger partial charge in [-0.25, -0.2) is 4.79 Å². The van der Waals surface area contributed by atoms with Gasteiger partial charge in [0.15, 0.2) is 5.54 Å². The molecule has 2 N–H and O–H groups in total. The average Bonchev–Trinajstić information content (AvgIpc) is 2.49. The summed E-state index contributed by atoms with van der Waals surface area (Å²) in [4.78, 5) is 11.8. The minimum absolute atomic E-state index is 0.496. The smallest absolute Gasteiger partial charge is 0.333 e. The van der Waals surface area contributed by atoms with Gasteiger partial charge in [-0.05, 0) is 36.6 Å². The first-order valence-corrected chi connectivity index (χ1v) is 7.20. The molecule has 0 saturated carbocycles. The number of carboxylic acid groups (broad SMARTS) is 1. The SMILES string of the molecule is CCc1ccc(C(C)(Nc2ccccc2Cl)C(=O)O)cc1. The highest BCUT2D eigenvalue weighted by Crippen LogP contribution is 2.30. The molecule has 2 aromatic rings. The second kappa shape index (κ2) is 6.19. The lowest BCUT2D eigenvalue weighted by Gasteiger charge is -2.28. The Balaban J connectivity index is 2.40. The molecule has 1 atom stereocenters. The molecule has 2 rings (SSSR count). The van der Waals surface area contributed by atoms with Crippen molar-refractivity contribution < 1.29 is 9.90 Å². The van der Waals surface area contributed by atoms with Gasteiger partial charge in [-0.15, -0.1) is 0 Å². The van der Waals surface area contributed by atoms with Crippen molar-refractivity contribution in [1.82, 2.24) is 0 Å². The number of nitrogens with one attached hydrogen (secondary N) is 1. The van der Waals surface area contributed by atoms with E-state index in [-0.39, 0.29) is 0 Å². The second-order valence-electron chi connectivity index (χ2n) is 5.09. The van der Waals surface area contributed by atoms with Crippen LogP contribution in [0.5, 0.6) is 0 Å². The van der Waals surface area contributed by atoms with Gasteiger partial charge in [0, 0.05) is 0 Å². The van der Waals surface area contributed by atoms with Crippen LogP contribution in [-0.2, 0) is 16.8 Å². The van der Waals surface area contributed by atoms with Gasteiger partial charge in [0.2, 0.25) is 0 Å². The monoisotopic (exact) mass is 303 g/mol. The molecule has 4 heteroatoms. The molecule has 0 aromatic heterocycles. The molecule has 21 heavy (non-hydrogen) atoms. The zero-order chi connectivity index (χ0) is 15.5. The summed E-state index contributed by atoms with van der Waals surface area (Å²) in [5, 5.41) is 13.2. The van der Waals surface area contributed by atoms with Gasteiger partial charge in [0.1, 0.15) is 0 Å². The first kappa shape index (κ1) is 15.4. The zero-order valence-corrected chi connectivity index (χ0v) is 12.8. The van der Waals surface area contributed by atoms with E-state index < -0.39 is 11.5 Å². The number of aliphatic carboxylic acids is 1. The third-order valence-electron chi connectivity index (χ3n) is 3.63. The molecule has 0 amide bonds. The van der Waals surface area contributed by atoms with Gasteiger partial charge in [-0.2, -0.15) is 0 Å². The van der Waals surface area contributed by atoms with E-state index in [9.17, 15) is 9.90 Å². The van der Waals surface area contributed by atoms with Crippen LogP contribution in [0.4, 0.5) is 5.69 Å². The minimum atomic E-state index is -1.24. The van der Waals surface area contributed by atoms with Gasteiger partial charge in [0.05, 0.1) is 10.7 Å². The molecule has 0 spiro atoms. The number of rotatable bonds is 5. The summed E-state index contributed by atoms with van der Waals surface area (Å²) in [6.45, 7) is 3.70. The fourth-order valence-corrected chi connectivity index (χ4v) is 2.34. The highest BCUT2D eigenvalue weighted by molar-refractivity contribution is 6.33. The van der Waals surface area contributed by atoms with E-state index in [0.29, 0.717) is 16.3 Å². The summed E-state index contributed by atoms with van der Waals surface area (Å²) in [6.07, 6.45) is 0.919. The summed E-state index contributed by atoms with van der Waals surface area (Å²) < 4.78 is 0. The van der Waals surface area contributed by atoms with Crippen molar-refractivity contribution in [3.05, 3.63) is 64.7 Å². The van der Waals surface area contributed by atoms with Crippen LogP contribution in [-0.4, -0.2) is 11.1 Å². The molecule has 0 aliphatic rings. The first-order valence-electron chi connectivity index (χ1n) is 6.83. The fourth-order valence-electron chi connectivity index (χ4n) is 2.15. The summed E-state index contributed by atoms with van der Waals surface area (Å²) in [5.74, 6) is -0.952. The highest BCUT2D eigenvalue weighted by Gasteiger charge is 2.35. The predicted molar refractivity (Wildman–Crippen MR) is 85.9 cm³/mol. The van der Waals surface area contributed by atoms with Crippen LogP contribution in [0.25, 0.3) is 0 Å². The van der Waals surface area contributed by atoms with E-state index in [1.807, 2.05) is 36.4 Å². The van der Waals surface area contributed by atoms with Crippen LogP contribution >= 0.6 is 11.6 Å². The Labute approximate surface area is 129 Å². The van der Waals surface area contributed by atoms with Crippen molar-refractivity contribution in [2.45, 2.75) is 25.8 Å².